The molecule has 0 bridgehead atoms. The Kier molecular flexibility index (Phi) is 4.17. The second-order valence-electron chi connectivity index (χ2n) is 7.98. The van der Waals surface area contributed by atoms with E-state index in [9.17, 15) is 10.1 Å². The zero-order valence-corrected chi connectivity index (χ0v) is 17.7. The molecule has 2 aliphatic rings. The Morgan fingerprint density at radius 1 is 0.939 bits per heavy atom. The zero-order valence-electron chi connectivity index (χ0n) is 17.7. The summed E-state index contributed by atoms with van der Waals surface area (Å²) in [4.78, 5) is 18.2. The van der Waals surface area contributed by atoms with Gasteiger partial charge < -0.3 is 14.8 Å². The molecule has 0 saturated carbocycles. The maximum atomic E-state index is 13.5. The van der Waals surface area contributed by atoms with E-state index in [0.717, 1.165) is 16.8 Å². The maximum absolute atomic E-state index is 13.5. The third-order valence-corrected chi connectivity index (χ3v) is 5.94. The molecule has 1 aromatic heterocycles. The number of aryl methyl sites for hydroxylation is 1. The molecular weight excluding hydrogens is 414 g/mol. The molecule has 2 heterocycles. The van der Waals surface area contributed by atoms with Crippen LogP contribution in [0.3, 0.4) is 0 Å². The number of carbonyl (C=O) groups is 1. The fourth-order valence-electron chi connectivity index (χ4n) is 4.34. The van der Waals surface area contributed by atoms with Crippen LogP contribution in [-0.2, 0) is 0 Å². The lowest BCUT2D eigenvalue weighted by Crippen LogP contribution is -2.06. The van der Waals surface area contributed by atoms with Crippen LogP contribution in [0, 0.1) is 18.3 Å². The van der Waals surface area contributed by atoms with Gasteiger partial charge in [-0.2, -0.15) is 5.26 Å². The molecule has 0 atom stereocenters. The zero-order chi connectivity index (χ0) is 22.5. The first-order valence-electron chi connectivity index (χ1n) is 10.5. The number of hydrogen-bond acceptors (Lipinski definition) is 6. The highest BCUT2D eigenvalue weighted by molar-refractivity contribution is 6.24. The van der Waals surface area contributed by atoms with Crippen molar-refractivity contribution < 1.29 is 14.3 Å². The van der Waals surface area contributed by atoms with Crippen LogP contribution >= 0.6 is 0 Å². The van der Waals surface area contributed by atoms with Gasteiger partial charge in [0.2, 0.25) is 6.79 Å². The van der Waals surface area contributed by atoms with E-state index in [4.69, 9.17) is 14.5 Å². The Morgan fingerprint density at radius 3 is 2.48 bits per heavy atom. The average molecular weight is 431 g/mol. The molecule has 1 aliphatic carbocycles. The molecule has 6 heteroatoms. The number of anilines is 2. The molecule has 6 rings (SSSR count). The summed E-state index contributed by atoms with van der Waals surface area (Å²) in [7, 11) is 0. The Bertz CT molecular complexity index is 1500. The summed E-state index contributed by atoms with van der Waals surface area (Å²) in [5, 5.41) is 13.5. The van der Waals surface area contributed by atoms with Crippen LogP contribution in [0.2, 0.25) is 0 Å². The fraction of sp³-hybridized carbons (Fsp3) is 0.0741. The maximum Gasteiger partial charge on any atom is 0.231 e. The van der Waals surface area contributed by atoms with E-state index < -0.39 is 0 Å². The SMILES string of the molecule is Cc1ccc(Nc2nc3c(c(-c4ccc5c(c4)OCO5)c2C#N)C(=O)c2ccccc2-3)cc1. The van der Waals surface area contributed by atoms with E-state index in [1.54, 1.807) is 12.1 Å². The summed E-state index contributed by atoms with van der Waals surface area (Å²) >= 11 is 0. The van der Waals surface area contributed by atoms with Crippen LogP contribution in [0.15, 0.2) is 66.7 Å². The van der Waals surface area contributed by atoms with Crippen molar-refractivity contribution in [1.82, 2.24) is 4.98 Å². The molecular formula is C27H17N3O3. The van der Waals surface area contributed by atoms with Gasteiger partial charge in [0.15, 0.2) is 17.3 Å². The lowest BCUT2D eigenvalue weighted by molar-refractivity contribution is 0.104. The van der Waals surface area contributed by atoms with Gasteiger partial charge >= 0.3 is 0 Å². The first-order valence-corrected chi connectivity index (χ1v) is 10.5. The summed E-state index contributed by atoms with van der Waals surface area (Å²) < 4.78 is 11.0. The molecule has 1 N–H and O–H groups in total. The lowest BCUT2D eigenvalue weighted by Gasteiger charge is -2.16. The van der Waals surface area contributed by atoms with E-state index in [-0.39, 0.29) is 12.6 Å². The summed E-state index contributed by atoms with van der Waals surface area (Å²) in [6.45, 7) is 2.15. The number of benzene rings is 3. The highest BCUT2D eigenvalue weighted by atomic mass is 16.7. The monoisotopic (exact) mass is 431 g/mol. The Hall–Kier alpha value is -4.63. The number of pyridine rings is 1. The minimum atomic E-state index is -0.140. The van der Waals surface area contributed by atoms with Gasteiger partial charge in [-0.05, 0) is 36.8 Å². The van der Waals surface area contributed by atoms with Crippen LogP contribution in [0.4, 0.5) is 11.5 Å². The molecule has 0 unspecified atom stereocenters. The molecule has 0 fully saturated rings. The summed E-state index contributed by atoms with van der Waals surface area (Å²) in [6, 6.07) is 23.0. The highest BCUT2D eigenvalue weighted by Gasteiger charge is 2.34. The molecule has 0 saturated heterocycles. The second kappa shape index (κ2) is 7.21. The largest absolute Gasteiger partial charge is 0.454 e. The van der Waals surface area contributed by atoms with Crippen LogP contribution in [0.5, 0.6) is 11.5 Å². The van der Waals surface area contributed by atoms with Gasteiger partial charge in [0, 0.05) is 22.4 Å². The van der Waals surface area contributed by atoms with Gasteiger partial charge in [-0.25, -0.2) is 4.98 Å². The molecule has 158 valence electrons. The number of nitriles is 1. The summed E-state index contributed by atoms with van der Waals surface area (Å²) in [5.74, 6) is 1.48. The highest BCUT2D eigenvalue weighted by Crippen LogP contribution is 2.46. The van der Waals surface area contributed by atoms with Crippen molar-refractivity contribution in [1.29, 1.82) is 5.26 Å². The van der Waals surface area contributed by atoms with Crippen molar-refractivity contribution >= 4 is 17.3 Å². The van der Waals surface area contributed by atoms with E-state index in [2.05, 4.69) is 11.4 Å². The molecule has 0 amide bonds. The van der Waals surface area contributed by atoms with E-state index >= 15 is 0 Å². The van der Waals surface area contributed by atoms with Crippen molar-refractivity contribution in [2.24, 2.45) is 0 Å². The van der Waals surface area contributed by atoms with Gasteiger partial charge in [-0.15, -0.1) is 0 Å². The third kappa shape index (κ3) is 2.94. The summed E-state index contributed by atoms with van der Waals surface area (Å²) in [5.41, 5.74) is 5.81. The van der Waals surface area contributed by atoms with Crippen molar-refractivity contribution in [3.8, 4) is 40.0 Å². The quantitative estimate of drug-likeness (QED) is 0.400. The van der Waals surface area contributed by atoms with Gasteiger partial charge in [0.25, 0.3) is 0 Å². The number of carbonyl (C=O) groups excluding carboxylic acids is 1. The van der Waals surface area contributed by atoms with E-state index in [1.807, 2.05) is 61.5 Å². The Labute approximate surface area is 190 Å². The number of rotatable bonds is 3. The van der Waals surface area contributed by atoms with Crippen LogP contribution in [-0.4, -0.2) is 17.6 Å². The van der Waals surface area contributed by atoms with Gasteiger partial charge in [-0.1, -0.05) is 48.0 Å². The minimum absolute atomic E-state index is 0.140. The van der Waals surface area contributed by atoms with Gasteiger partial charge in [-0.3, -0.25) is 4.79 Å². The van der Waals surface area contributed by atoms with Crippen molar-refractivity contribution in [2.75, 3.05) is 12.1 Å². The predicted molar refractivity (Wildman–Crippen MR) is 124 cm³/mol. The van der Waals surface area contributed by atoms with Crippen LogP contribution in [0.25, 0.3) is 22.4 Å². The standard InChI is InChI=1S/C27H17N3O3/c1-15-6-9-17(10-7-15)29-27-20(13-28)23(16-8-11-21-22(12-16)33-14-32-21)24-25(30-27)18-4-2-3-5-19(18)26(24)31/h2-12H,14H2,1H3,(H,29,30). The van der Waals surface area contributed by atoms with Crippen LogP contribution < -0.4 is 14.8 Å². The number of ketones is 1. The van der Waals surface area contributed by atoms with Crippen LogP contribution in [0.1, 0.15) is 27.0 Å². The Morgan fingerprint density at radius 2 is 1.70 bits per heavy atom. The third-order valence-electron chi connectivity index (χ3n) is 5.94. The number of nitrogens with zero attached hydrogens (tertiary/aromatic N) is 2. The normalized spacial score (nSPS) is 12.8. The molecule has 0 spiro atoms. The molecule has 0 radical (unpaired) electrons. The Balaban J connectivity index is 1.63. The van der Waals surface area contributed by atoms with Gasteiger partial charge in [0.05, 0.1) is 11.3 Å². The molecule has 3 aromatic carbocycles. The van der Waals surface area contributed by atoms with E-state index in [0.29, 0.717) is 50.8 Å². The van der Waals surface area contributed by atoms with Crippen molar-refractivity contribution in [3.05, 3.63) is 89.0 Å². The van der Waals surface area contributed by atoms with Gasteiger partial charge in [0.1, 0.15) is 17.5 Å². The number of hydrogen-bond donors (Lipinski definition) is 1. The number of nitrogens with one attached hydrogen (secondary N) is 1. The first-order chi connectivity index (χ1) is 16.1. The smallest absolute Gasteiger partial charge is 0.231 e. The average Bonchev–Trinajstić information content (AvgIpc) is 3.42. The number of fused-ring (bicyclic) bond motifs is 4. The predicted octanol–water partition coefficient (Wildman–Crippen LogP) is 5.61. The first kappa shape index (κ1) is 19.1. The number of ether oxygens (including phenoxy) is 2. The second-order valence-corrected chi connectivity index (χ2v) is 7.98. The topological polar surface area (TPSA) is 84.2 Å². The molecule has 4 aromatic rings. The summed E-state index contributed by atoms with van der Waals surface area (Å²) in [6.07, 6.45) is 0. The number of aromatic nitrogens is 1. The van der Waals surface area contributed by atoms with Crippen molar-refractivity contribution in [2.45, 2.75) is 6.92 Å². The minimum Gasteiger partial charge on any atom is -0.454 e. The van der Waals surface area contributed by atoms with E-state index in [1.165, 1.54) is 0 Å². The van der Waals surface area contributed by atoms with Crippen molar-refractivity contribution in [3.63, 3.8) is 0 Å². The lowest BCUT2D eigenvalue weighted by atomic mass is 9.93. The molecule has 33 heavy (non-hydrogen) atoms. The fourth-order valence-corrected chi connectivity index (χ4v) is 4.34. The molecule has 1 aliphatic heterocycles. The molecule has 6 nitrogen and oxygen atoms in total.